The van der Waals surface area contributed by atoms with Crippen molar-refractivity contribution in [3.63, 3.8) is 0 Å². The van der Waals surface area contributed by atoms with Crippen molar-refractivity contribution in [2.75, 3.05) is 23.8 Å². The molecule has 2 amide bonds. The highest BCUT2D eigenvalue weighted by molar-refractivity contribution is 5.98. The van der Waals surface area contributed by atoms with Crippen molar-refractivity contribution in [2.24, 2.45) is 0 Å². The molecular weight excluding hydrogens is 818 g/mol. The minimum Gasteiger partial charge on any atom is -0.490 e. The van der Waals surface area contributed by atoms with E-state index in [2.05, 4.69) is 25.4 Å². The van der Waals surface area contributed by atoms with Crippen molar-refractivity contribution < 1.29 is 60.5 Å². The highest BCUT2D eigenvalue weighted by atomic mass is 19.4. The summed E-state index contributed by atoms with van der Waals surface area (Å²) < 4.78 is 88.3. The Morgan fingerprint density at radius 3 is 1.56 bits per heavy atom. The van der Waals surface area contributed by atoms with Gasteiger partial charge >= 0.3 is 12.4 Å². The zero-order valence-electron chi connectivity index (χ0n) is 35.4. The lowest BCUT2D eigenvalue weighted by Crippen LogP contribution is -2.45. The number of nitro benzene ring substituents is 1. The maximum absolute atomic E-state index is 13.0. The summed E-state index contributed by atoms with van der Waals surface area (Å²) in [6, 6.07) is 10.9. The first-order chi connectivity index (χ1) is 28.6. The van der Waals surface area contributed by atoms with E-state index in [-0.39, 0.29) is 11.4 Å². The molecule has 0 radical (unpaired) electrons. The van der Waals surface area contributed by atoms with Crippen LogP contribution in [0.1, 0.15) is 80.4 Å². The van der Waals surface area contributed by atoms with Crippen LogP contribution in [-0.4, -0.2) is 61.3 Å². The molecule has 61 heavy (non-hydrogen) atoms. The summed E-state index contributed by atoms with van der Waals surface area (Å²) in [6.45, 7) is 24.1. The van der Waals surface area contributed by atoms with Crippen LogP contribution in [0.2, 0.25) is 0 Å². The maximum atomic E-state index is 13.0. The van der Waals surface area contributed by atoms with Gasteiger partial charge in [0.15, 0.2) is 16.9 Å². The number of nitrogens with one attached hydrogen (secondary N) is 2. The fourth-order valence-electron chi connectivity index (χ4n) is 3.92. The number of rotatable bonds is 11. The molecule has 0 aliphatic rings. The number of halogens is 6. The predicted octanol–water partition coefficient (Wildman–Crippen LogP) is 10.3. The van der Waals surface area contributed by atoms with Crippen molar-refractivity contribution in [1.82, 2.24) is 9.97 Å². The minimum absolute atomic E-state index is 0.198. The Kier molecular flexibility index (Phi) is 25.5. The number of alkyl halides is 6. The highest BCUT2D eigenvalue weighted by Gasteiger charge is 2.39. The molecule has 0 saturated heterocycles. The summed E-state index contributed by atoms with van der Waals surface area (Å²) in [5, 5.41) is 35.4. The van der Waals surface area contributed by atoms with Crippen LogP contribution in [-0.2, 0) is 21.9 Å². The predicted molar refractivity (Wildman–Crippen MR) is 219 cm³/mol. The standard InChI is InChI=1S/C17H14F3N3O3.C16H14F3N3O5.4C2H6/c1-16(25,10-26-12-4-3-7-22-9-12)15(24)23-11-5-6-14(21-2)13(8-11)17(18,19)20;1-15(24,9-27-11-4-6-20-7-5-11)14(23)21-10-2-3-13(22(25)26)12(8-10)16(17,18)19;4*1-2/h3-9,25H,10H2,1H3,(H,23,24);2-8,24H,9H2,1H3,(H,21,23);4*1-2H3/t16-;15-;;;;/m00..../s1. The first-order valence-corrected chi connectivity index (χ1v) is 18.7. The monoisotopic (exact) mass is 870 g/mol. The first kappa shape index (κ1) is 56.8. The molecule has 2 atom stereocenters. The van der Waals surface area contributed by atoms with Gasteiger partial charge in [-0.25, -0.2) is 4.85 Å². The quantitative estimate of drug-likeness (QED) is 0.0488. The van der Waals surface area contributed by atoms with Gasteiger partial charge in [-0.15, -0.1) is 0 Å². The number of aliphatic hydroxyl groups is 2. The minimum atomic E-state index is -4.99. The van der Waals surface area contributed by atoms with Gasteiger partial charge < -0.3 is 30.3 Å². The van der Waals surface area contributed by atoms with Crippen molar-refractivity contribution in [3.8, 4) is 11.5 Å². The summed E-state index contributed by atoms with van der Waals surface area (Å²) in [6.07, 6.45) is -3.97. The van der Waals surface area contributed by atoms with Gasteiger partial charge in [-0.3, -0.25) is 29.7 Å². The van der Waals surface area contributed by atoms with Crippen LogP contribution in [0, 0.1) is 16.7 Å². The van der Waals surface area contributed by atoms with Crippen molar-refractivity contribution >= 4 is 34.6 Å². The van der Waals surface area contributed by atoms with Gasteiger partial charge in [0.05, 0.1) is 23.3 Å². The summed E-state index contributed by atoms with van der Waals surface area (Å²) in [7, 11) is 0. The van der Waals surface area contributed by atoms with E-state index < -0.39 is 76.0 Å². The number of hydrogen-bond acceptors (Lipinski definition) is 10. The molecule has 2 aromatic heterocycles. The van der Waals surface area contributed by atoms with E-state index in [0.29, 0.717) is 29.7 Å². The van der Waals surface area contributed by atoms with Gasteiger partial charge in [-0.05, 0) is 62.4 Å². The molecule has 2 aromatic carbocycles. The van der Waals surface area contributed by atoms with Gasteiger partial charge in [0, 0.05) is 36.0 Å². The Bertz CT molecular complexity index is 1960. The number of nitrogens with zero attached hydrogens (tertiary/aromatic N) is 4. The number of pyridine rings is 2. The van der Waals surface area contributed by atoms with Crippen LogP contribution in [0.15, 0.2) is 85.5 Å². The number of aromatic nitrogens is 2. The Balaban J connectivity index is 0. The van der Waals surface area contributed by atoms with E-state index in [1.165, 1.54) is 36.9 Å². The third-order valence-corrected chi connectivity index (χ3v) is 6.74. The van der Waals surface area contributed by atoms with E-state index in [1.807, 2.05) is 55.4 Å². The fraction of sp³-hybridized carbons (Fsp3) is 0.390. The zero-order valence-corrected chi connectivity index (χ0v) is 35.4. The first-order valence-electron chi connectivity index (χ1n) is 18.7. The molecule has 2 heterocycles. The second-order valence-corrected chi connectivity index (χ2v) is 11.2. The number of benzene rings is 2. The average Bonchev–Trinajstić information content (AvgIpc) is 3.25. The third-order valence-electron chi connectivity index (χ3n) is 6.74. The Hall–Kier alpha value is -6.33. The van der Waals surface area contributed by atoms with Crippen molar-refractivity contribution in [3.05, 3.63) is 118 Å². The lowest BCUT2D eigenvalue weighted by molar-refractivity contribution is -0.388. The SMILES string of the molecule is CC.CC.CC.CC.C[C@](O)(COc1ccncc1)C(=O)Nc1ccc([N+](=O)[O-])c(C(F)(F)F)c1.[C-]#[N+]c1ccc(NC(=O)[C@@](C)(O)COc2cccnc2)cc1C(F)(F)F. The summed E-state index contributed by atoms with van der Waals surface area (Å²) >= 11 is 0. The number of carbonyl (C=O) groups excluding carboxylic acids is 2. The second kappa shape index (κ2) is 27.4. The number of amides is 2. The maximum Gasteiger partial charge on any atom is 0.423 e. The topological polar surface area (TPSA) is 190 Å². The Labute approximate surface area is 350 Å². The molecule has 0 fully saturated rings. The van der Waals surface area contributed by atoms with Crippen LogP contribution in [0.3, 0.4) is 0 Å². The van der Waals surface area contributed by atoms with E-state index in [4.69, 9.17) is 16.0 Å². The molecule has 0 saturated carbocycles. The largest absolute Gasteiger partial charge is 0.490 e. The van der Waals surface area contributed by atoms with E-state index in [1.54, 1.807) is 12.1 Å². The smallest absolute Gasteiger partial charge is 0.423 e. The summed E-state index contributed by atoms with van der Waals surface area (Å²) in [4.78, 5) is 44.3. The molecule has 0 aliphatic heterocycles. The molecular formula is C41H52F6N6O8. The number of ether oxygens (including phenoxy) is 2. The van der Waals surface area contributed by atoms with E-state index >= 15 is 0 Å². The Morgan fingerprint density at radius 2 is 1.15 bits per heavy atom. The molecule has 4 rings (SSSR count). The molecule has 4 aromatic rings. The van der Waals surface area contributed by atoms with E-state index in [0.717, 1.165) is 32.0 Å². The average molecular weight is 871 g/mol. The molecule has 336 valence electrons. The van der Waals surface area contributed by atoms with Crippen LogP contribution in [0.25, 0.3) is 4.85 Å². The van der Waals surface area contributed by atoms with Crippen LogP contribution >= 0.6 is 0 Å². The zero-order chi connectivity index (χ0) is 47.6. The molecule has 0 spiro atoms. The van der Waals surface area contributed by atoms with Crippen LogP contribution < -0.4 is 20.1 Å². The second-order valence-electron chi connectivity index (χ2n) is 11.2. The Morgan fingerprint density at radius 1 is 0.705 bits per heavy atom. The summed E-state index contributed by atoms with van der Waals surface area (Å²) in [5.41, 5.74) is -9.06. The molecule has 0 bridgehead atoms. The van der Waals surface area contributed by atoms with Gasteiger partial charge in [0.2, 0.25) is 0 Å². The molecule has 0 unspecified atom stereocenters. The van der Waals surface area contributed by atoms with Crippen molar-refractivity contribution in [1.29, 1.82) is 0 Å². The molecule has 14 nitrogen and oxygen atoms in total. The van der Waals surface area contributed by atoms with E-state index in [9.17, 15) is 56.3 Å². The number of anilines is 2. The number of carbonyl (C=O) groups is 2. The normalized spacial score (nSPS) is 12.1. The number of hydrogen-bond donors (Lipinski definition) is 4. The highest BCUT2D eigenvalue weighted by Crippen LogP contribution is 2.39. The van der Waals surface area contributed by atoms with Gasteiger partial charge in [0.25, 0.3) is 17.5 Å². The van der Waals surface area contributed by atoms with Gasteiger partial charge in [0.1, 0.15) is 30.3 Å². The number of nitro groups is 1. The fourth-order valence-corrected chi connectivity index (χ4v) is 3.92. The van der Waals surface area contributed by atoms with Gasteiger partial charge in [-0.1, -0.05) is 61.5 Å². The summed E-state index contributed by atoms with van der Waals surface area (Å²) in [5.74, 6) is -1.35. The third kappa shape index (κ3) is 19.5. The molecule has 0 aliphatic carbocycles. The molecule has 20 heteroatoms. The van der Waals surface area contributed by atoms with Crippen LogP contribution in [0.5, 0.6) is 11.5 Å². The van der Waals surface area contributed by atoms with Crippen LogP contribution in [0.4, 0.5) is 49.1 Å². The lowest BCUT2D eigenvalue weighted by Gasteiger charge is -2.23. The lowest BCUT2D eigenvalue weighted by atomic mass is 10.1. The molecule has 4 N–H and O–H groups in total. The van der Waals surface area contributed by atoms with Crippen molar-refractivity contribution in [2.45, 2.75) is 92.8 Å². The van der Waals surface area contributed by atoms with Gasteiger partial charge in [-0.2, -0.15) is 26.3 Å².